The van der Waals surface area contributed by atoms with Crippen LogP contribution in [0.2, 0.25) is 0 Å². The predicted octanol–water partition coefficient (Wildman–Crippen LogP) is 1.69. The monoisotopic (exact) mass is 221 g/mol. The Morgan fingerprint density at radius 2 is 2.25 bits per heavy atom. The summed E-state index contributed by atoms with van der Waals surface area (Å²) >= 11 is 0. The molecule has 0 saturated carbocycles. The maximum atomic E-state index is 9.76. The van der Waals surface area contributed by atoms with Crippen LogP contribution in [-0.4, -0.2) is 25.8 Å². The van der Waals surface area contributed by atoms with Crippen LogP contribution in [0, 0.1) is 0 Å². The largest absolute Gasteiger partial charge is 0.497 e. The summed E-state index contributed by atoms with van der Waals surface area (Å²) in [6.45, 7) is 0.469. The predicted molar refractivity (Wildman–Crippen MR) is 61.7 cm³/mol. The molecule has 0 saturated heterocycles. The lowest BCUT2D eigenvalue weighted by molar-refractivity contribution is 0.152. The van der Waals surface area contributed by atoms with Crippen LogP contribution in [0.4, 0.5) is 0 Å². The SMILES string of the molecule is CNCC(O)c1cc2cc(OC)ccc2o1. The zero-order valence-electron chi connectivity index (χ0n) is 9.36. The summed E-state index contributed by atoms with van der Waals surface area (Å²) in [6.07, 6.45) is -0.622. The van der Waals surface area contributed by atoms with Gasteiger partial charge >= 0.3 is 0 Å². The van der Waals surface area contributed by atoms with E-state index < -0.39 is 6.10 Å². The van der Waals surface area contributed by atoms with Gasteiger partial charge in [0.15, 0.2) is 0 Å². The van der Waals surface area contributed by atoms with Gasteiger partial charge in [-0.05, 0) is 31.3 Å². The molecule has 16 heavy (non-hydrogen) atoms. The van der Waals surface area contributed by atoms with Crippen molar-refractivity contribution in [2.75, 3.05) is 20.7 Å². The standard InChI is InChI=1S/C12H15NO3/c1-13-7-10(14)12-6-8-5-9(15-2)3-4-11(8)16-12/h3-6,10,13-14H,7H2,1-2H3. The molecule has 1 unspecified atom stereocenters. The number of rotatable bonds is 4. The number of hydrogen-bond donors (Lipinski definition) is 2. The Morgan fingerprint density at radius 3 is 2.94 bits per heavy atom. The zero-order chi connectivity index (χ0) is 11.5. The van der Waals surface area contributed by atoms with Gasteiger partial charge in [-0.25, -0.2) is 0 Å². The van der Waals surface area contributed by atoms with Gasteiger partial charge in [0.25, 0.3) is 0 Å². The molecule has 0 spiro atoms. The fourth-order valence-electron chi connectivity index (χ4n) is 1.63. The maximum absolute atomic E-state index is 9.76. The van der Waals surface area contributed by atoms with Crippen LogP contribution in [0.15, 0.2) is 28.7 Å². The van der Waals surface area contributed by atoms with E-state index in [-0.39, 0.29) is 0 Å². The minimum Gasteiger partial charge on any atom is -0.497 e. The number of fused-ring (bicyclic) bond motifs is 1. The van der Waals surface area contributed by atoms with Crippen LogP contribution in [0.3, 0.4) is 0 Å². The molecule has 0 bridgehead atoms. The number of likely N-dealkylation sites (N-methyl/N-ethyl adjacent to an activating group) is 1. The summed E-state index contributed by atoms with van der Waals surface area (Å²) < 4.78 is 10.7. The molecule has 0 aliphatic rings. The molecule has 4 nitrogen and oxygen atoms in total. The van der Waals surface area contributed by atoms with Crippen molar-refractivity contribution in [3.63, 3.8) is 0 Å². The van der Waals surface area contributed by atoms with E-state index in [2.05, 4.69) is 5.32 Å². The Morgan fingerprint density at radius 1 is 1.44 bits per heavy atom. The molecule has 2 N–H and O–H groups in total. The molecule has 0 aliphatic carbocycles. The van der Waals surface area contributed by atoms with Crippen LogP contribution >= 0.6 is 0 Å². The number of benzene rings is 1. The fraction of sp³-hybridized carbons (Fsp3) is 0.333. The van der Waals surface area contributed by atoms with E-state index in [1.54, 1.807) is 14.2 Å². The molecule has 0 aliphatic heterocycles. The van der Waals surface area contributed by atoms with Crippen molar-refractivity contribution in [3.8, 4) is 5.75 Å². The Labute approximate surface area is 93.8 Å². The van der Waals surface area contributed by atoms with Gasteiger partial charge in [-0.15, -0.1) is 0 Å². The van der Waals surface area contributed by atoms with Crippen molar-refractivity contribution in [2.45, 2.75) is 6.10 Å². The van der Waals surface area contributed by atoms with Gasteiger partial charge in [0.1, 0.15) is 23.2 Å². The van der Waals surface area contributed by atoms with Crippen LogP contribution < -0.4 is 10.1 Å². The molecule has 0 amide bonds. The van der Waals surface area contributed by atoms with Crippen molar-refractivity contribution in [1.82, 2.24) is 5.32 Å². The van der Waals surface area contributed by atoms with Crippen LogP contribution in [0.25, 0.3) is 11.0 Å². The van der Waals surface area contributed by atoms with Gasteiger partial charge in [-0.3, -0.25) is 0 Å². The Bertz CT molecular complexity index is 478. The number of aliphatic hydroxyl groups is 1. The van der Waals surface area contributed by atoms with Crippen LogP contribution in [-0.2, 0) is 0 Å². The quantitative estimate of drug-likeness (QED) is 0.825. The van der Waals surface area contributed by atoms with Gasteiger partial charge < -0.3 is 19.6 Å². The zero-order valence-corrected chi connectivity index (χ0v) is 9.36. The number of hydrogen-bond acceptors (Lipinski definition) is 4. The molecule has 1 aromatic heterocycles. The summed E-state index contributed by atoms with van der Waals surface area (Å²) in [5.74, 6) is 1.35. The van der Waals surface area contributed by atoms with E-state index in [0.29, 0.717) is 12.3 Å². The van der Waals surface area contributed by atoms with E-state index >= 15 is 0 Å². The summed E-state index contributed by atoms with van der Waals surface area (Å²) in [5.41, 5.74) is 0.756. The first-order valence-electron chi connectivity index (χ1n) is 5.14. The van der Waals surface area contributed by atoms with E-state index in [9.17, 15) is 5.11 Å². The third kappa shape index (κ3) is 2.03. The molecule has 1 aromatic carbocycles. The first kappa shape index (κ1) is 11.0. The smallest absolute Gasteiger partial charge is 0.135 e. The maximum Gasteiger partial charge on any atom is 0.135 e. The first-order chi connectivity index (χ1) is 7.74. The number of methoxy groups -OCH3 is 1. The Balaban J connectivity index is 2.35. The van der Waals surface area contributed by atoms with E-state index in [0.717, 1.165) is 16.7 Å². The number of ether oxygens (including phenoxy) is 1. The number of nitrogens with one attached hydrogen (secondary N) is 1. The second-order valence-electron chi connectivity index (χ2n) is 3.63. The van der Waals surface area contributed by atoms with Crippen molar-refractivity contribution < 1.29 is 14.3 Å². The van der Waals surface area contributed by atoms with Crippen LogP contribution in [0.1, 0.15) is 11.9 Å². The van der Waals surface area contributed by atoms with Gasteiger partial charge in [0.05, 0.1) is 7.11 Å². The van der Waals surface area contributed by atoms with Crippen LogP contribution in [0.5, 0.6) is 5.75 Å². The van der Waals surface area contributed by atoms with Gasteiger partial charge in [-0.2, -0.15) is 0 Å². The number of furan rings is 1. The van der Waals surface area contributed by atoms with E-state index in [1.165, 1.54) is 0 Å². The van der Waals surface area contributed by atoms with Gasteiger partial charge in [0, 0.05) is 11.9 Å². The summed E-state index contributed by atoms with van der Waals surface area (Å²) in [4.78, 5) is 0. The van der Waals surface area contributed by atoms with Crippen molar-refractivity contribution in [1.29, 1.82) is 0 Å². The molecule has 2 aromatic rings. The second kappa shape index (κ2) is 4.55. The lowest BCUT2D eigenvalue weighted by Crippen LogP contribution is -2.15. The highest BCUT2D eigenvalue weighted by Gasteiger charge is 2.12. The van der Waals surface area contributed by atoms with Gasteiger partial charge in [0.2, 0.25) is 0 Å². The van der Waals surface area contributed by atoms with Crippen molar-refractivity contribution in [2.24, 2.45) is 0 Å². The highest BCUT2D eigenvalue weighted by molar-refractivity contribution is 5.79. The molecular weight excluding hydrogens is 206 g/mol. The average Bonchev–Trinajstić information content (AvgIpc) is 2.71. The molecule has 0 radical (unpaired) electrons. The molecular formula is C12H15NO3. The second-order valence-corrected chi connectivity index (χ2v) is 3.63. The molecule has 2 rings (SSSR count). The third-order valence-corrected chi connectivity index (χ3v) is 2.47. The minimum absolute atomic E-state index is 0.469. The molecule has 0 fully saturated rings. The summed E-state index contributed by atoms with van der Waals surface area (Å²) in [6, 6.07) is 7.39. The summed E-state index contributed by atoms with van der Waals surface area (Å²) in [5, 5.41) is 13.6. The first-order valence-corrected chi connectivity index (χ1v) is 5.14. The average molecular weight is 221 g/mol. The van der Waals surface area contributed by atoms with Crippen molar-refractivity contribution in [3.05, 3.63) is 30.0 Å². The molecule has 1 heterocycles. The van der Waals surface area contributed by atoms with Crippen molar-refractivity contribution >= 4 is 11.0 Å². The summed E-state index contributed by atoms with van der Waals surface area (Å²) in [7, 11) is 3.41. The van der Waals surface area contributed by atoms with E-state index in [4.69, 9.17) is 9.15 Å². The minimum atomic E-state index is -0.622. The molecule has 86 valence electrons. The highest BCUT2D eigenvalue weighted by Crippen LogP contribution is 2.26. The highest BCUT2D eigenvalue weighted by atomic mass is 16.5. The fourth-order valence-corrected chi connectivity index (χ4v) is 1.63. The number of aliphatic hydroxyl groups excluding tert-OH is 1. The lowest BCUT2D eigenvalue weighted by Gasteiger charge is -2.04. The Kier molecular flexibility index (Phi) is 3.12. The topological polar surface area (TPSA) is 54.6 Å². The lowest BCUT2D eigenvalue weighted by atomic mass is 10.2. The third-order valence-electron chi connectivity index (χ3n) is 2.47. The normalized spacial score (nSPS) is 12.9. The Hall–Kier alpha value is -1.52. The molecule has 4 heteroatoms. The molecule has 1 atom stereocenters. The van der Waals surface area contributed by atoms with E-state index in [1.807, 2.05) is 24.3 Å². The van der Waals surface area contributed by atoms with Gasteiger partial charge in [-0.1, -0.05) is 0 Å².